The first kappa shape index (κ1) is 22.4. The zero-order valence-corrected chi connectivity index (χ0v) is 16.3. The average Bonchev–Trinajstić information content (AvgIpc) is 2.49. The van der Waals surface area contributed by atoms with Gasteiger partial charge in [-0.05, 0) is 52.9 Å². The lowest BCUT2D eigenvalue weighted by atomic mass is 9.82. The van der Waals surface area contributed by atoms with Crippen molar-refractivity contribution in [1.82, 2.24) is 0 Å². The summed E-state index contributed by atoms with van der Waals surface area (Å²) < 4.78 is 11.0. The Morgan fingerprint density at radius 1 is 0.870 bits per heavy atom. The quantitative estimate of drug-likeness (QED) is 0.277. The van der Waals surface area contributed by atoms with Crippen LogP contribution in [0.2, 0.25) is 0 Å². The van der Waals surface area contributed by atoms with E-state index in [0.29, 0.717) is 18.9 Å². The molecule has 3 nitrogen and oxygen atoms in total. The van der Waals surface area contributed by atoms with Gasteiger partial charge in [-0.2, -0.15) is 0 Å². The third-order valence-electron chi connectivity index (χ3n) is 4.64. The third kappa shape index (κ3) is 11.6. The van der Waals surface area contributed by atoms with Crippen molar-refractivity contribution in [2.24, 2.45) is 5.92 Å². The molecule has 1 unspecified atom stereocenters. The molecule has 0 bridgehead atoms. The Morgan fingerprint density at radius 2 is 1.48 bits per heavy atom. The Labute approximate surface area is 144 Å². The van der Waals surface area contributed by atoms with Crippen molar-refractivity contribution in [3.8, 4) is 0 Å². The number of ether oxygens (including phenoxy) is 2. The summed E-state index contributed by atoms with van der Waals surface area (Å²) in [6.07, 6.45) is 11.6. The van der Waals surface area contributed by atoms with Crippen molar-refractivity contribution in [3.63, 3.8) is 0 Å². The van der Waals surface area contributed by atoms with Gasteiger partial charge in [0.2, 0.25) is 0 Å². The Bertz CT molecular complexity index is 287. The summed E-state index contributed by atoms with van der Waals surface area (Å²) in [5, 5.41) is 0. The van der Waals surface area contributed by atoms with Gasteiger partial charge >= 0.3 is 5.97 Å². The van der Waals surface area contributed by atoms with Crippen LogP contribution in [0.1, 0.15) is 98.8 Å². The number of hydrogen-bond donors (Lipinski definition) is 0. The lowest BCUT2D eigenvalue weighted by Gasteiger charge is -2.34. The highest BCUT2D eigenvalue weighted by molar-refractivity contribution is 5.69. The van der Waals surface area contributed by atoms with Crippen molar-refractivity contribution in [2.45, 2.75) is 104 Å². The fourth-order valence-electron chi connectivity index (χ4n) is 3.23. The predicted molar refractivity (Wildman–Crippen MR) is 97.7 cm³/mol. The molecule has 0 aliphatic heterocycles. The van der Waals surface area contributed by atoms with E-state index in [1.165, 1.54) is 44.9 Å². The van der Waals surface area contributed by atoms with Crippen LogP contribution in [-0.4, -0.2) is 24.8 Å². The van der Waals surface area contributed by atoms with Gasteiger partial charge < -0.3 is 9.47 Å². The first-order valence-corrected chi connectivity index (χ1v) is 9.77. The maximum Gasteiger partial charge on any atom is 0.305 e. The minimum Gasteiger partial charge on any atom is -0.466 e. The fourth-order valence-corrected chi connectivity index (χ4v) is 3.23. The molecule has 0 aromatic carbocycles. The number of rotatable bonds is 15. The molecule has 0 spiro atoms. The second-order valence-corrected chi connectivity index (χ2v) is 6.99. The maximum atomic E-state index is 11.5. The summed E-state index contributed by atoms with van der Waals surface area (Å²) in [5.74, 6) is 0.447. The van der Waals surface area contributed by atoms with E-state index in [-0.39, 0.29) is 11.6 Å². The minimum atomic E-state index is -0.104. The van der Waals surface area contributed by atoms with Crippen molar-refractivity contribution >= 4 is 5.97 Å². The molecule has 1 atom stereocenters. The molecule has 0 rings (SSSR count). The van der Waals surface area contributed by atoms with Gasteiger partial charge in [0.05, 0.1) is 12.2 Å². The van der Waals surface area contributed by atoms with Gasteiger partial charge in [0, 0.05) is 13.0 Å². The lowest BCUT2D eigenvalue weighted by molar-refractivity contribution is -0.143. The van der Waals surface area contributed by atoms with Crippen LogP contribution in [0.5, 0.6) is 0 Å². The van der Waals surface area contributed by atoms with Crippen molar-refractivity contribution in [2.75, 3.05) is 13.2 Å². The molecule has 0 saturated heterocycles. The molecule has 0 heterocycles. The SMILES string of the molecule is CCCCCCCCC(CCCC(=O)OCC)C(C)(C)OCC. The molecule has 0 aromatic rings. The highest BCUT2D eigenvalue weighted by atomic mass is 16.5. The van der Waals surface area contributed by atoms with Gasteiger partial charge in [-0.15, -0.1) is 0 Å². The summed E-state index contributed by atoms with van der Waals surface area (Å²) in [4.78, 5) is 11.5. The summed E-state index contributed by atoms with van der Waals surface area (Å²) >= 11 is 0. The molecule has 0 aliphatic carbocycles. The van der Waals surface area contributed by atoms with E-state index in [0.717, 1.165) is 19.4 Å². The van der Waals surface area contributed by atoms with Crippen LogP contribution < -0.4 is 0 Å². The first-order valence-electron chi connectivity index (χ1n) is 9.77. The molecule has 0 saturated carbocycles. The van der Waals surface area contributed by atoms with Crippen LogP contribution in [-0.2, 0) is 14.3 Å². The monoisotopic (exact) mass is 328 g/mol. The fraction of sp³-hybridized carbons (Fsp3) is 0.950. The molecule has 0 aliphatic rings. The molecule has 0 aromatic heterocycles. The van der Waals surface area contributed by atoms with Gasteiger partial charge in [-0.25, -0.2) is 0 Å². The second kappa shape index (κ2) is 13.8. The molecule has 0 radical (unpaired) electrons. The molecule has 3 heteroatoms. The van der Waals surface area contributed by atoms with E-state index in [1.54, 1.807) is 0 Å². The number of carbonyl (C=O) groups is 1. The summed E-state index contributed by atoms with van der Waals surface area (Å²) in [7, 11) is 0. The largest absolute Gasteiger partial charge is 0.466 e. The molecule has 23 heavy (non-hydrogen) atoms. The van der Waals surface area contributed by atoms with Crippen molar-refractivity contribution < 1.29 is 14.3 Å². The van der Waals surface area contributed by atoms with Crippen LogP contribution in [0.15, 0.2) is 0 Å². The lowest BCUT2D eigenvalue weighted by Crippen LogP contribution is -2.34. The number of hydrogen-bond acceptors (Lipinski definition) is 3. The molecule has 138 valence electrons. The molecule has 0 N–H and O–H groups in total. The summed E-state index contributed by atoms with van der Waals surface area (Å²) in [6.45, 7) is 11.8. The van der Waals surface area contributed by atoms with Crippen molar-refractivity contribution in [1.29, 1.82) is 0 Å². The van der Waals surface area contributed by atoms with Crippen LogP contribution in [0, 0.1) is 5.92 Å². The number of esters is 1. The standard InChI is InChI=1S/C20H40O3/c1-6-9-10-11-12-13-15-18(20(4,5)23-8-3)16-14-17-19(21)22-7-2/h18H,6-17H2,1-5H3. The van der Waals surface area contributed by atoms with E-state index < -0.39 is 0 Å². The summed E-state index contributed by atoms with van der Waals surface area (Å²) in [5.41, 5.74) is -0.104. The van der Waals surface area contributed by atoms with Gasteiger partial charge in [-0.3, -0.25) is 4.79 Å². The third-order valence-corrected chi connectivity index (χ3v) is 4.64. The zero-order valence-electron chi connectivity index (χ0n) is 16.3. The molecule has 0 fully saturated rings. The highest BCUT2D eigenvalue weighted by Gasteiger charge is 2.29. The molecule has 0 amide bonds. The van der Waals surface area contributed by atoms with Crippen LogP contribution in [0.25, 0.3) is 0 Å². The first-order chi connectivity index (χ1) is 11.0. The van der Waals surface area contributed by atoms with Crippen LogP contribution in [0.3, 0.4) is 0 Å². The zero-order chi connectivity index (χ0) is 17.6. The van der Waals surface area contributed by atoms with E-state index in [2.05, 4.69) is 27.7 Å². The Balaban J connectivity index is 4.21. The van der Waals surface area contributed by atoms with Gasteiger partial charge in [0.15, 0.2) is 0 Å². The van der Waals surface area contributed by atoms with Gasteiger partial charge in [-0.1, -0.05) is 45.4 Å². The molecular formula is C20H40O3. The highest BCUT2D eigenvalue weighted by Crippen LogP contribution is 2.31. The van der Waals surface area contributed by atoms with Gasteiger partial charge in [0.25, 0.3) is 0 Å². The van der Waals surface area contributed by atoms with E-state index in [1.807, 2.05) is 6.92 Å². The maximum absolute atomic E-state index is 11.5. The van der Waals surface area contributed by atoms with E-state index in [9.17, 15) is 4.79 Å². The predicted octanol–water partition coefficient (Wildman–Crippen LogP) is 5.90. The van der Waals surface area contributed by atoms with Crippen LogP contribution in [0.4, 0.5) is 0 Å². The topological polar surface area (TPSA) is 35.5 Å². The van der Waals surface area contributed by atoms with Crippen LogP contribution >= 0.6 is 0 Å². The van der Waals surface area contributed by atoms with Crippen molar-refractivity contribution in [3.05, 3.63) is 0 Å². The minimum absolute atomic E-state index is 0.0694. The molecular weight excluding hydrogens is 288 g/mol. The average molecular weight is 329 g/mol. The van der Waals surface area contributed by atoms with Gasteiger partial charge in [0.1, 0.15) is 0 Å². The van der Waals surface area contributed by atoms with E-state index in [4.69, 9.17) is 9.47 Å². The number of unbranched alkanes of at least 4 members (excludes halogenated alkanes) is 5. The summed E-state index contributed by atoms with van der Waals surface area (Å²) in [6, 6.07) is 0. The Morgan fingerprint density at radius 3 is 2.09 bits per heavy atom. The van der Waals surface area contributed by atoms with E-state index >= 15 is 0 Å². The Hall–Kier alpha value is -0.570. The second-order valence-electron chi connectivity index (χ2n) is 6.99. The smallest absolute Gasteiger partial charge is 0.305 e. The normalized spacial score (nSPS) is 13.1. The number of carbonyl (C=O) groups excluding carboxylic acids is 1. The Kier molecular flexibility index (Phi) is 13.5.